The summed E-state index contributed by atoms with van der Waals surface area (Å²) in [6, 6.07) is 6.18. The van der Waals surface area contributed by atoms with Crippen LogP contribution in [-0.4, -0.2) is 9.97 Å². The summed E-state index contributed by atoms with van der Waals surface area (Å²) in [7, 11) is 0. The van der Waals surface area contributed by atoms with Gasteiger partial charge in [-0.2, -0.15) is 0 Å². The summed E-state index contributed by atoms with van der Waals surface area (Å²) in [5, 5.41) is 0.418. The summed E-state index contributed by atoms with van der Waals surface area (Å²) in [5.41, 5.74) is 8.25. The lowest BCUT2D eigenvalue weighted by atomic mass is 10.1. The quantitative estimate of drug-likeness (QED) is 0.876. The van der Waals surface area contributed by atoms with Crippen LogP contribution in [0.3, 0.4) is 0 Å². The Bertz CT molecular complexity index is 617. The van der Waals surface area contributed by atoms with E-state index in [1.54, 1.807) is 0 Å². The van der Waals surface area contributed by atoms with E-state index in [9.17, 15) is 0 Å². The van der Waals surface area contributed by atoms with Gasteiger partial charge >= 0.3 is 0 Å². The third-order valence-electron chi connectivity index (χ3n) is 3.02. The molecule has 0 atom stereocenters. The predicted molar refractivity (Wildman–Crippen MR) is 75.5 cm³/mol. The molecule has 0 radical (unpaired) electrons. The zero-order valence-corrected chi connectivity index (χ0v) is 11.7. The van der Waals surface area contributed by atoms with Gasteiger partial charge in [0.25, 0.3) is 0 Å². The molecule has 2 N–H and O–H groups in total. The Balaban J connectivity index is 1.99. The van der Waals surface area contributed by atoms with Gasteiger partial charge in [-0.05, 0) is 17.2 Å². The van der Waals surface area contributed by atoms with Crippen molar-refractivity contribution < 1.29 is 0 Å². The molecule has 0 fully saturated rings. The van der Waals surface area contributed by atoms with Gasteiger partial charge in [-0.15, -0.1) is 0 Å². The molecular weight excluding hydrogens is 316 g/mol. The lowest BCUT2D eigenvalue weighted by molar-refractivity contribution is 0.851. The SMILES string of the molecule is Nc1ncnc(N2Cc3cccc(Br)c3C2)c1Cl. The molecule has 0 saturated carbocycles. The number of benzene rings is 1. The Morgan fingerprint density at radius 1 is 1.28 bits per heavy atom. The Hall–Kier alpha value is -1.33. The first-order chi connectivity index (χ1) is 8.66. The number of hydrogen-bond acceptors (Lipinski definition) is 4. The average molecular weight is 326 g/mol. The van der Waals surface area contributed by atoms with Crippen LogP contribution >= 0.6 is 27.5 Å². The molecule has 0 aliphatic carbocycles. The number of nitrogen functional groups attached to an aromatic ring is 1. The zero-order valence-electron chi connectivity index (χ0n) is 9.40. The lowest BCUT2D eigenvalue weighted by Crippen LogP contribution is -2.17. The molecule has 92 valence electrons. The standard InChI is InChI=1S/C12H10BrClN4/c13-9-3-1-2-7-4-18(5-8(7)9)12-10(14)11(15)16-6-17-12/h1-3,6H,4-5H2,(H2,15,16,17). The van der Waals surface area contributed by atoms with Crippen LogP contribution in [0.4, 0.5) is 11.6 Å². The molecule has 18 heavy (non-hydrogen) atoms. The maximum Gasteiger partial charge on any atom is 0.153 e. The summed E-state index contributed by atoms with van der Waals surface area (Å²) >= 11 is 9.72. The van der Waals surface area contributed by atoms with E-state index >= 15 is 0 Å². The highest BCUT2D eigenvalue weighted by molar-refractivity contribution is 9.10. The fraction of sp³-hybridized carbons (Fsp3) is 0.167. The summed E-state index contributed by atoms with van der Waals surface area (Å²) < 4.78 is 1.11. The van der Waals surface area contributed by atoms with E-state index in [0.29, 0.717) is 16.7 Å². The molecular formula is C12H10BrClN4. The predicted octanol–water partition coefficient (Wildman–Crippen LogP) is 2.99. The van der Waals surface area contributed by atoms with Crippen LogP contribution in [0.2, 0.25) is 5.02 Å². The molecule has 1 aliphatic heterocycles. The second kappa shape index (κ2) is 4.40. The lowest BCUT2D eigenvalue weighted by Gasteiger charge is -2.17. The molecule has 6 heteroatoms. The number of rotatable bonds is 1. The van der Waals surface area contributed by atoms with Crippen LogP contribution in [0.15, 0.2) is 29.0 Å². The second-order valence-electron chi connectivity index (χ2n) is 4.13. The molecule has 1 aliphatic rings. The molecule has 0 spiro atoms. The van der Waals surface area contributed by atoms with E-state index in [4.69, 9.17) is 17.3 Å². The number of halogens is 2. The van der Waals surface area contributed by atoms with Gasteiger partial charge < -0.3 is 10.6 Å². The third kappa shape index (κ3) is 1.83. The minimum absolute atomic E-state index is 0.316. The average Bonchev–Trinajstić information content (AvgIpc) is 2.78. The summed E-state index contributed by atoms with van der Waals surface area (Å²) in [5.74, 6) is 1.00. The minimum Gasteiger partial charge on any atom is -0.382 e. The van der Waals surface area contributed by atoms with Crippen molar-refractivity contribution in [3.05, 3.63) is 45.1 Å². The second-order valence-corrected chi connectivity index (χ2v) is 5.36. The van der Waals surface area contributed by atoms with Crippen LogP contribution < -0.4 is 10.6 Å². The van der Waals surface area contributed by atoms with Crippen molar-refractivity contribution in [2.45, 2.75) is 13.1 Å². The van der Waals surface area contributed by atoms with Crippen molar-refractivity contribution in [1.29, 1.82) is 0 Å². The highest BCUT2D eigenvalue weighted by atomic mass is 79.9. The fourth-order valence-electron chi connectivity index (χ4n) is 2.12. The van der Waals surface area contributed by atoms with E-state index in [1.165, 1.54) is 17.5 Å². The van der Waals surface area contributed by atoms with Crippen molar-refractivity contribution in [3.63, 3.8) is 0 Å². The summed E-state index contributed by atoms with van der Waals surface area (Å²) in [6.07, 6.45) is 1.44. The number of nitrogens with two attached hydrogens (primary N) is 1. The van der Waals surface area contributed by atoms with Crippen molar-refractivity contribution in [3.8, 4) is 0 Å². The molecule has 2 heterocycles. The van der Waals surface area contributed by atoms with E-state index in [0.717, 1.165) is 17.6 Å². The van der Waals surface area contributed by atoms with Gasteiger partial charge in [0.2, 0.25) is 0 Å². The van der Waals surface area contributed by atoms with Gasteiger partial charge in [-0.1, -0.05) is 39.7 Å². The maximum atomic E-state index is 6.15. The largest absolute Gasteiger partial charge is 0.382 e. The zero-order chi connectivity index (χ0) is 12.7. The van der Waals surface area contributed by atoms with Crippen LogP contribution in [0.25, 0.3) is 0 Å². The monoisotopic (exact) mass is 324 g/mol. The van der Waals surface area contributed by atoms with Gasteiger partial charge in [0.15, 0.2) is 5.82 Å². The van der Waals surface area contributed by atoms with Gasteiger partial charge in [-0.25, -0.2) is 9.97 Å². The van der Waals surface area contributed by atoms with E-state index in [-0.39, 0.29) is 0 Å². The molecule has 4 nitrogen and oxygen atoms in total. The molecule has 0 bridgehead atoms. The first-order valence-corrected chi connectivity index (χ1v) is 6.61. The first kappa shape index (κ1) is 11.7. The van der Waals surface area contributed by atoms with Crippen LogP contribution in [-0.2, 0) is 13.1 Å². The molecule has 0 amide bonds. The molecule has 1 aromatic carbocycles. The molecule has 0 saturated heterocycles. The van der Waals surface area contributed by atoms with E-state index in [1.807, 2.05) is 12.1 Å². The topological polar surface area (TPSA) is 55.0 Å². The Labute approximate surface area is 118 Å². The summed E-state index contributed by atoms with van der Waals surface area (Å²) in [4.78, 5) is 10.2. The highest BCUT2D eigenvalue weighted by Gasteiger charge is 2.24. The van der Waals surface area contributed by atoms with Crippen molar-refractivity contribution in [2.75, 3.05) is 10.6 Å². The number of nitrogens with zero attached hydrogens (tertiary/aromatic N) is 3. The Kier molecular flexibility index (Phi) is 2.87. The minimum atomic E-state index is 0.316. The normalized spacial score (nSPS) is 13.8. The number of anilines is 2. The van der Waals surface area contributed by atoms with Crippen LogP contribution in [0.1, 0.15) is 11.1 Å². The molecule has 2 aromatic rings. The fourth-order valence-corrected chi connectivity index (χ4v) is 2.87. The van der Waals surface area contributed by atoms with Crippen molar-refractivity contribution in [2.24, 2.45) is 0 Å². The van der Waals surface area contributed by atoms with Gasteiger partial charge in [0.1, 0.15) is 17.2 Å². The Morgan fingerprint density at radius 3 is 2.89 bits per heavy atom. The summed E-state index contributed by atoms with van der Waals surface area (Å²) in [6.45, 7) is 1.55. The Morgan fingerprint density at radius 2 is 2.11 bits per heavy atom. The maximum absolute atomic E-state index is 6.15. The van der Waals surface area contributed by atoms with Gasteiger partial charge in [0.05, 0.1) is 0 Å². The van der Waals surface area contributed by atoms with Crippen LogP contribution in [0.5, 0.6) is 0 Å². The number of aromatic nitrogens is 2. The van der Waals surface area contributed by atoms with Crippen LogP contribution in [0, 0.1) is 0 Å². The van der Waals surface area contributed by atoms with E-state index in [2.05, 4.69) is 36.9 Å². The number of fused-ring (bicyclic) bond motifs is 1. The first-order valence-electron chi connectivity index (χ1n) is 5.44. The smallest absolute Gasteiger partial charge is 0.153 e. The molecule has 3 rings (SSSR count). The van der Waals surface area contributed by atoms with Crippen molar-refractivity contribution >= 4 is 39.2 Å². The number of hydrogen-bond donors (Lipinski definition) is 1. The molecule has 0 unspecified atom stereocenters. The van der Waals surface area contributed by atoms with Crippen molar-refractivity contribution in [1.82, 2.24) is 9.97 Å². The van der Waals surface area contributed by atoms with Gasteiger partial charge in [0, 0.05) is 17.6 Å². The third-order valence-corrected chi connectivity index (χ3v) is 4.13. The van der Waals surface area contributed by atoms with E-state index < -0.39 is 0 Å². The van der Waals surface area contributed by atoms with Gasteiger partial charge in [-0.3, -0.25) is 0 Å². The highest BCUT2D eigenvalue weighted by Crippen LogP contribution is 2.35. The molecule has 1 aromatic heterocycles.